The first-order chi connectivity index (χ1) is 10.3. The van der Waals surface area contributed by atoms with Crippen LogP contribution in [-0.4, -0.2) is 20.9 Å². The second-order valence-corrected chi connectivity index (χ2v) is 4.61. The first-order valence-corrected chi connectivity index (χ1v) is 6.60. The molecule has 0 spiro atoms. The highest BCUT2D eigenvalue weighted by molar-refractivity contribution is 5.96. The number of nitrogens with zero attached hydrogens (tertiary/aromatic N) is 3. The molecule has 0 N–H and O–H groups in total. The van der Waals surface area contributed by atoms with Crippen LogP contribution in [0.1, 0.15) is 27.6 Å². The van der Waals surface area contributed by atoms with Gasteiger partial charge >= 0.3 is 0 Å². The number of carbonyl (C=O) groups excluding carboxylic acids is 1. The molecule has 104 valence electrons. The molecule has 0 fully saturated rings. The highest BCUT2D eigenvalue weighted by Crippen LogP contribution is 2.08. The minimum atomic E-state index is -0.0350. The van der Waals surface area contributed by atoms with E-state index in [1.165, 1.54) is 0 Å². The highest BCUT2D eigenvalue weighted by atomic mass is 16.5. The van der Waals surface area contributed by atoms with E-state index in [0.717, 1.165) is 5.56 Å². The predicted molar refractivity (Wildman–Crippen MR) is 75.8 cm³/mol. The molecule has 0 saturated heterocycles. The third-order valence-electron chi connectivity index (χ3n) is 3.00. The number of carbonyl (C=O) groups is 1. The number of pyridine rings is 1. The van der Waals surface area contributed by atoms with Crippen molar-refractivity contribution in [3.05, 3.63) is 77.7 Å². The largest absolute Gasteiger partial charge is 0.339 e. The van der Waals surface area contributed by atoms with Gasteiger partial charge in [0.2, 0.25) is 5.89 Å². The maximum Gasteiger partial charge on any atom is 0.234 e. The molecule has 0 radical (unpaired) electrons. The number of hydrogen-bond donors (Lipinski definition) is 0. The Balaban J connectivity index is 1.67. The van der Waals surface area contributed by atoms with E-state index in [1.54, 1.807) is 24.5 Å². The SMILES string of the molecule is O=C(Cc1nc(Cc2cccnc2)no1)c1ccccc1. The average molecular weight is 279 g/mol. The summed E-state index contributed by atoms with van der Waals surface area (Å²) in [7, 11) is 0. The second-order valence-electron chi connectivity index (χ2n) is 4.61. The maximum atomic E-state index is 12.0. The van der Waals surface area contributed by atoms with Gasteiger partial charge in [-0.1, -0.05) is 41.6 Å². The number of ketones is 1. The molecule has 0 atom stereocenters. The van der Waals surface area contributed by atoms with Gasteiger partial charge < -0.3 is 4.52 Å². The Morgan fingerprint density at radius 1 is 1.10 bits per heavy atom. The predicted octanol–water partition coefficient (Wildman–Crippen LogP) is 2.48. The molecule has 0 bridgehead atoms. The lowest BCUT2D eigenvalue weighted by Gasteiger charge is -1.96. The third kappa shape index (κ3) is 3.39. The van der Waals surface area contributed by atoms with Gasteiger partial charge in [0.15, 0.2) is 11.6 Å². The first-order valence-electron chi connectivity index (χ1n) is 6.60. The van der Waals surface area contributed by atoms with E-state index in [4.69, 9.17) is 4.52 Å². The van der Waals surface area contributed by atoms with Crippen molar-refractivity contribution in [1.29, 1.82) is 0 Å². The van der Waals surface area contributed by atoms with Gasteiger partial charge in [-0.3, -0.25) is 9.78 Å². The fourth-order valence-corrected chi connectivity index (χ4v) is 1.98. The minimum absolute atomic E-state index is 0.0350. The number of Topliss-reactive ketones (excluding diaryl/α,β-unsaturated/α-hetero) is 1. The zero-order valence-corrected chi connectivity index (χ0v) is 11.3. The van der Waals surface area contributed by atoms with Crippen LogP contribution in [-0.2, 0) is 12.8 Å². The molecule has 0 saturated carbocycles. The lowest BCUT2D eigenvalue weighted by molar-refractivity contribution is 0.0983. The Morgan fingerprint density at radius 3 is 2.71 bits per heavy atom. The van der Waals surface area contributed by atoms with Gasteiger partial charge in [-0.25, -0.2) is 0 Å². The zero-order chi connectivity index (χ0) is 14.5. The van der Waals surface area contributed by atoms with Crippen molar-refractivity contribution in [3.63, 3.8) is 0 Å². The summed E-state index contributed by atoms with van der Waals surface area (Å²) in [5.41, 5.74) is 1.64. The summed E-state index contributed by atoms with van der Waals surface area (Å²) < 4.78 is 5.13. The number of benzene rings is 1. The van der Waals surface area contributed by atoms with Crippen molar-refractivity contribution in [2.24, 2.45) is 0 Å². The molecule has 1 aromatic carbocycles. The molecular weight excluding hydrogens is 266 g/mol. The summed E-state index contributed by atoms with van der Waals surface area (Å²) in [6, 6.07) is 12.9. The third-order valence-corrected chi connectivity index (χ3v) is 3.00. The molecule has 3 rings (SSSR count). The van der Waals surface area contributed by atoms with Crippen LogP contribution in [0.25, 0.3) is 0 Å². The van der Waals surface area contributed by atoms with E-state index < -0.39 is 0 Å². The molecule has 2 aromatic heterocycles. The molecule has 2 heterocycles. The zero-order valence-electron chi connectivity index (χ0n) is 11.3. The maximum absolute atomic E-state index is 12.0. The molecule has 3 aromatic rings. The second kappa shape index (κ2) is 6.09. The Kier molecular flexibility index (Phi) is 3.82. The van der Waals surface area contributed by atoms with E-state index >= 15 is 0 Å². The number of rotatable bonds is 5. The van der Waals surface area contributed by atoms with Crippen molar-refractivity contribution >= 4 is 5.78 Å². The van der Waals surface area contributed by atoms with Gasteiger partial charge in [0.1, 0.15) is 0 Å². The first kappa shape index (κ1) is 13.2. The average Bonchev–Trinajstić information content (AvgIpc) is 2.96. The van der Waals surface area contributed by atoms with Gasteiger partial charge in [0.05, 0.1) is 6.42 Å². The molecule has 0 aliphatic rings. The molecular formula is C16H13N3O2. The topological polar surface area (TPSA) is 68.9 Å². The van der Waals surface area contributed by atoms with Crippen LogP contribution in [0, 0.1) is 0 Å². The van der Waals surface area contributed by atoms with Crippen molar-refractivity contribution < 1.29 is 9.32 Å². The van der Waals surface area contributed by atoms with Crippen LogP contribution in [0.4, 0.5) is 0 Å². The Hall–Kier alpha value is -2.82. The minimum Gasteiger partial charge on any atom is -0.339 e. The summed E-state index contributed by atoms with van der Waals surface area (Å²) in [5.74, 6) is 0.855. The normalized spacial score (nSPS) is 10.5. The van der Waals surface area contributed by atoms with Crippen LogP contribution in [0.3, 0.4) is 0 Å². The smallest absolute Gasteiger partial charge is 0.234 e. The van der Waals surface area contributed by atoms with Crippen molar-refractivity contribution in [2.45, 2.75) is 12.8 Å². The monoisotopic (exact) mass is 279 g/mol. The van der Waals surface area contributed by atoms with E-state index in [2.05, 4.69) is 15.1 Å². The summed E-state index contributed by atoms with van der Waals surface area (Å²) in [5, 5.41) is 3.89. The lowest BCUT2D eigenvalue weighted by Crippen LogP contribution is -2.03. The van der Waals surface area contributed by atoms with Gasteiger partial charge in [-0.15, -0.1) is 0 Å². The number of aromatic nitrogens is 3. The Bertz CT molecular complexity index is 724. The highest BCUT2D eigenvalue weighted by Gasteiger charge is 2.13. The molecule has 0 aliphatic heterocycles. The Labute approximate surface area is 121 Å². The molecule has 5 heteroatoms. The fourth-order valence-electron chi connectivity index (χ4n) is 1.98. The Morgan fingerprint density at radius 2 is 1.95 bits per heavy atom. The molecule has 0 amide bonds. The van der Waals surface area contributed by atoms with Crippen molar-refractivity contribution in [1.82, 2.24) is 15.1 Å². The van der Waals surface area contributed by atoms with Crippen molar-refractivity contribution in [2.75, 3.05) is 0 Å². The molecule has 0 unspecified atom stereocenters. The van der Waals surface area contributed by atoms with Crippen molar-refractivity contribution in [3.8, 4) is 0 Å². The number of hydrogen-bond acceptors (Lipinski definition) is 5. The molecule has 21 heavy (non-hydrogen) atoms. The van der Waals surface area contributed by atoms with Crippen LogP contribution in [0.2, 0.25) is 0 Å². The summed E-state index contributed by atoms with van der Waals surface area (Å²) in [6.45, 7) is 0. The quantitative estimate of drug-likeness (QED) is 0.671. The van der Waals surface area contributed by atoms with Gasteiger partial charge in [-0.05, 0) is 11.6 Å². The van der Waals surface area contributed by atoms with Gasteiger partial charge in [0, 0.05) is 24.4 Å². The molecule has 0 aliphatic carbocycles. The van der Waals surface area contributed by atoms with E-state index in [1.807, 2.05) is 30.3 Å². The van der Waals surface area contributed by atoms with Crippen LogP contribution >= 0.6 is 0 Å². The molecule has 5 nitrogen and oxygen atoms in total. The van der Waals surface area contributed by atoms with Gasteiger partial charge in [0.25, 0.3) is 0 Å². The van der Waals surface area contributed by atoms with Crippen LogP contribution in [0.5, 0.6) is 0 Å². The van der Waals surface area contributed by atoms with Crippen LogP contribution in [0.15, 0.2) is 59.4 Å². The van der Waals surface area contributed by atoms with E-state index in [0.29, 0.717) is 23.7 Å². The van der Waals surface area contributed by atoms with Crippen LogP contribution < -0.4 is 0 Å². The lowest BCUT2D eigenvalue weighted by atomic mass is 10.1. The summed E-state index contributed by atoms with van der Waals surface area (Å²) >= 11 is 0. The summed E-state index contributed by atoms with van der Waals surface area (Å²) in [6.07, 6.45) is 4.12. The van der Waals surface area contributed by atoms with E-state index in [-0.39, 0.29) is 12.2 Å². The van der Waals surface area contributed by atoms with Gasteiger partial charge in [-0.2, -0.15) is 4.98 Å². The van der Waals surface area contributed by atoms with E-state index in [9.17, 15) is 4.79 Å². The standard InChI is InChI=1S/C16H13N3O2/c20-14(13-6-2-1-3-7-13)10-16-18-15(19-21-16)9-12-5-4-8-17-11-12/h1-8,11H,9-10H2. The fraction of sp³-hybridized carbons (Fsp3) is 0.125. The summed E-state index contributed by atoms with van der Waals surface area (Å²) in [4.78, 5) is 20.3.